The SMILES string of the molecule is CC(C)N(C(=O)[C@H](C)Sc1nc2cc(S(=O)(=O)N(C)C)ccc2o1)C(C)C. The Kier molecular flexibility index (Phi) is 6.59. The monoisotopic (exact) mass is 413 g/mol. The number of rotatable bonds is 7. The molecule has 150 valence electrons. The molecule has 9 heteroatoms. The van der Waals surface area contributed by atoms with Gasteiger partial charge in [0.2, 0.25) is 15.9 Å². The molecule has 0 aliphatic heterocycles. The molecule has 0 aliphatic carbocycles. The lowest BCUT2D eigenvalue weighted by Crippen LogP contribution is -2.45. The molecule has 0 saturated carbocycles. The highest BCUT2D eigenvalue weighted by Crippen LogP contribution is 2.29. The molecule has 1 aromatic heterocycles. The lowest BCUT2D eigenvalue weighted by atomic mass is 10.2. The fourth-order valence-electron chi connectivity index (χ4n) is 2.82. The van der Waals surface area contributed by atoms with Gasteiger partial charge in [0, 0.05) is 26.2 Å². The summed E-state index contributed by atoms with van der Waals surface area (Å²) in [5, 5.41) is -0.0226. The molecular formula is C18H27N3O4S2. The first-order valence-corrected chi connectivity index (χ1v) is 11.1. The molecule has 7 nitrogen and oxygen atoms in total. The minimum Gasteiger partial charge on any atom is -0.431 e. The summed E-state index contributed by atoms with van der Waals surface area (Å²) < 4.78 is 31.4. The van der Waals surface area contributed by atoms with Crippen LogP contribution in [0.25, 0.3) is 11.1 Å². The van der Waals surface area contributed by atoms with Gasteiger partial charge < -0.3 is 9.32 Å². The molecule has 0 bridgehead atoms. The summed E-state index contributed by atoms with van der Waals surface area (Å²) in [5.41, 5.74) is 0.934. The fourth-order valence-corrected chi connectivity index (χ4v) is 4.56. The predicted octanol–water partition coefficient (Wildman–Crippen LogP) is 3.20. The number of aromatic nitrogens is 1. The lowest BCUT2D eigenvalue weighted by molar-refractivity contribution is -0.133. The maximum absolute atomic E-state index is 12.8. The third-order valence-electron chi connectivity index (χ3n) is 4.11. The van der Waals surface area contributed by atoms with E-state index < -0.39 is 10.0 Å². The zero-order valence-electron chi connectivity index (χ0n) is 16.8. The summed E-state index contributed by atoms with van der Waals surface area (Å²) in [6, 6.07) is 4.76. The van der Waals surface area contributed by atoms with Gasteiger partial charge >= 0.3 is 0 Å². The second kappa shape index (κ2) is 8.20. The van der Waals surface area contributed by atoms with Crippen LogP contribution in [0.5, 0.6) is 0 Å². The van der Waals surface area contributed by atoms with Gasteiger partial charge in [-0.3, -0.25) is 4.79 Å². The first kappa shape index (κ1) is 21.7. The van der Waals surface area contributed by atoms with E-state index in [1.54, 1.807) is 6.07 Å². The average Bonchev–Trinajstić information content (AvgIpc) is 2.94. The largest absolute Gasteiger partial charge is 0.431 e. The van der Waals surface area contributed by atoms with E-state index in [0.29, 0.717) is 16.3 Å². The quantitative estimate of drug-likeness (QED) is 0.648. The van der Waals surface area contributed by atoms with E-state index in [0.717, 1.165) is 4.31 Å². The Hall–Kier alpha value is -1.58. The Morgan fingerprint density at radius 1 is 1.11 bits per heavy atom. The highest BCUT2D eigenvalue weighted by Gasteiger charge is 2.27. The van der Waals surface area contributed by atoms with Crippen LogP contribution in [-0.4, -0.2) is 59.9 Å². The third kappa shape index (κ3) is 4.64. The van der Waals surface area contributed by atoms with Crippen LogP contribution in [0.15, 0.2) is 32.7 Å². The van der Waals surface area contributed by atoms with E-state index in [1.165, 1.54) is 38.0 Å². The van der Waals surface area contributed by atoms with Gasteiger partial charge in [-0.15, -0.1) is 0 Å². The maximum Gasteiger partial charge on any atom is 0.257 e. The molecule has 0 aliphatic rings. The van der Waals surface area contributed by atoms with Gasteiger partial charge in [-0.05, 0) is 52.8 Å². The van der Waals surface area contributed by atoms with E-state index in [1.807, 2.05) is 39.5 Å². The number of benzene rings is 1. The third-order valence-corrected chi connectivity index (χ3v) is 6.85. The normalized spacial score (nSPS) is 13.7. The van der Waals surface area contributed by atoms with Crippen molar-refractivity contribution in [3.63, 3.8) is 0 Å². The number of thioether (sulfide) groups is 1. The average molecular weight is 414 g/mol. The topological polar surface area (TPSA) is 83.7 Å². The predicted molar refractivity (Wildman–Crippen MR) is 107 cm³/mol. The van der Waals surface area contributed by atoms with Crippen LogP contribution in [0.4, 0.5) is 0 Å². The molecule has 1 amide bonds. The number of hydrogen-bond donors (Lipinski definition) is 0. The van der Waals surface area contributed by atoms with Crippen molar-refractivity contribution in [1.82, 2.24) is 14.2 Å². The summed E-state index contributed by atoms with van der Waals surface area (Å²) in [4.78, 5) is 19.1. The minimum absolute atomic E-state index is 0.0168. The van der Waals surface area contributed by atoms with Crippen molar-refractivity contribution in [1.29, 1.82) is 0 Å². The number of carbonyl (C=O) groups is 1. The Balaban J connectivity index is 2.26. The van der Waals surface area contributed by atoms with Gasteiger partial charge in [-0.1, -0.05) is 11.8 Å². The van der Waals surface area contributed by atoms with E-state index in [2.05, 4.69) is 4.98 Å². The molecule has 1 atom stereocenters. The van der Waals surface area contributed by atoms with Crippen molar-refractivity contribution in [2.75, 3.05) is 14.1 Å². The molecule has 0 unspecified atom stereocenters. The number of carbonyl (C=O) groups excluding carboxylic acids is 1. The molecule has 2 rings (SSSR count). The van der Waals surface area contributed by atoms with Gasteiger partial charge in [0.05, 0.1) is 10.1 Å². The summed E-state index contributed by atoms with van der Waals surface area (Å²) >= 11 is 1.23. The van der Waals surface area contributed by atoms with Crippen LogP contribution in [-0.2, 0) is 14.8 Å². The number of sulfonamides is 1. The van der Waals surface area contributed by atoms with Gasteiger partial charge in [0.1, 0.15) is 5.52 Å². The summed E-state index contributed by atoms with van der Waals surface area (Å²) in [7, 11) is -0.585. The molecule has 0 fully saturated rings. The van der Waals surface area contributed by atoms with E-state index in [4.69, 9.17) is 4.42 Å². The number of nitrogens with zero attached hydrogens (tertiary/aromatic N) is 3. The molecule has 0 N–H and O–H groups in total. The molecule has 0 spiro atoms. The van der Waals surface area contributed by atoms with Gasteiger partial charge in [-0.2, -0.15) is 0 Å². The van der Waals surface area contributed by atoms with Crippen LogP contribution < -0.4 is 0 Å². The second-order valence-electron chi connectivity index (χ2n) is 7.09. The molecule has 1 heterocycles. The van der Waals surface area contributed by atoms with Crippen LogP contribution in [0.2, 0.25) is 0 Å². The van der Waals surface area contributed by atoms with Crippen molar-refractivity contribution < 1.29 is 17.6 Å². The molecule has 0 saturated heterocycles. The Morgan fingerprint density at radius 2 is 1.70 bits per heavy atom. The Bertz CT molecular complexity index is 912. The maximum atomic E-state index is 12.8. The standard InChI is InChI=1S/C18H27N3O4S2/c1-11(2)21(12(3)4)17(22)13(5)26-18-19-15-10-14(8-9-16(15)25-18)27(23,24)20(6)7/h8-13H,1-7H3/t13-/m0/s1. The first-order valence-electron chi connectivity index (χ1n) is 8.77. The van der Waals surface area contributed by atoms with Crippen LogP contribution in [0, 0.1) is 0 Å². The van der Waals surface area contributed by atoms with Crippen molar-refractivity contribution in [2.45, 2.75) is 62.1 Å². The molecule has 1 aromatic carbocycles. The van der Waals surface area contributed by atoms with Gasteiger partial charge in [0.15, 0.2) is 5.58 Å². The van der Waals surface area contributed by atoms with E-state index in [-0.39, 0.29) is 28.1 Å². The molecule has 0 radical (unpaired) electrons. The smallest absolute Gasteiger partial charge is 0.257 e. The zero-order valence-corrected chi connectivity index (χ0v) is 18.4. The Morgan fingerprint density at radius 3 is 2.22 bits per heavy atom. The van der Waals surface area contributed by atoms with Crippen molar-refractivity contribution in [2.24, 2.45) is 0 Å². The highest BCUT2D eigenvalue weighted by molar-refractivity contribution is 8.00. The number of amides is 1. The highest BCUT2D eigenvalue weighted by atomic mass is 32.2. The van der Waals surface area contributed by atoms with Gasteiger partial charge in [-0.25, -0.2) is 17.7 Å². The van der Waals surface area contributed by atoms with Crippen molar-refractivity contribution >= 4 is 38.8 Å². The fraction of sp³-hybridized carbons (Fsp3) is 0.556. The molecule has 2 aromatic rings. The van der Waals surface area contributed by atoms with Crippen LogP contribution >= 0.6 is 11.8 Å². The summed E-state index contributed by atoms with van der Waals surface area (Å²) in [5.74, 6) is 0.0168. The zero-order chi connectivity index (χ0) is 20.5. The van der Waals surface area contributed by atoms with Crippen LogP contribution in [0.3, 0.4) is 0 Å². The first-order chi connectivity index (χ1) is 12.4. The minimum atomic E-state index is -3.54. The van der Waals surface area contributed by atoms with E-state index >= 15 is 0 Å². The lowest BCUT2D eigenvalue weighted by Gasteiger charge is -2.32. The summed E-state index contributed by atoms with van der Waals surface area (Å²) in [6.07, 6.45) is 0. The Labute approximate surface area is 165 Å². The second-order valence-corrected chi connectivity index (χ2v) is 10.5. The number of oxazole rings is 1. The van der Waals surface area contributed by atoms with Crippen molar-refractivity contribution in [3.8, 4) is 0 Å². The molecule has 27 heavy (non-hydrogen) atoms. The number of hydrogen-bond acceptors (Lipinski definition) is 6. The van der Waals surface area contributed by atoms with Crippen molar-refractivity contribution in [3.05, 3.63) is 18.2 Å². The summed E-state index contributed by atoms with van der Waals surface area (Å²) in [6.45, 7) is 9.77. The van der Waals surface area contributed by atoms with Crippen LogP contribution in [0.1, 0.15) is 34.6 Å². The van der Waals surface area contributed by atoms with E-state index in [9.17, 15) is 13.2 Å². The van der Waals surface area contributed by atoms with Gasteiger partial charge in [0.25, 0.3) is 5.22 Å². The number of fused-ring (bicyclic) bond motifs is 1. The molecular weight excluding hydrogens is 386 g/mol.